The van der Waals surface area contributed by atoms with Crippen molar-refractivity contribution in [3.05, 3.63) is 66.2 Å². The highest BCUT2D eigenvalue weighted by Crippen LogP contribution is 2.16. The van der Waals surface area contributed by atoms with Crippen LogP contribution in [0.1, 0.15) is 22.6 Å². The smallest absolute Gasteiger partial charge is 0.333 e. The topological polar surface area (TPSA) is 56.0 Å². The number of benzene rings is 1. The Hall–Kier alpha value is -3.03. The molecular weight excluding hydrogens is 316 g/mol. The van der Waals surface area contributed by atoms with Gasteiger partial charge in [-0.15, -0.1) is 0 Å². The minimum absolute atomic E-state index is 0.143. The number of hydrogen-bond acceptors (Lipinski definition) is 3. The molecule has 0 N–H and O–H groups in total. The van der Waals surface area contributed by atoms with Crippen LogP contribution in [0.4, 0.5) is 8.78 Å². The number of amides is 1. The molecule has 0 atom stereocenters. The average molecular weight is 331 g/mol. The number of alkyl halides is 2. The Kier molecular flexibility index (Phi) is 4.37. The van der Waals surface area contributed by atoms with Crippen molar-refractivity contribution >= 4 is 5.91 Å². The Bertz CT molecular complexity index is 829. The third-order valence-electron chi connectivity index (χ3n) is 3.52. The van der Waals surface area contributed by atoms with Gasteiger partial charge in [-0.25, -0.2) is 4.68 Å². The maximum absolute atomic E-state index is 12.8. The van der Waals surface area contributed by atoms with E-state index in [1.807, 2.05) is 36.5 Å². The standard InChI is InChI=1S/C16H15F2N5O/c1-21(15(24)14-6-8-20-23(14)16(17)18)11-12-4-2-5-13(10-12)22-9-3-7-19-22/h2-10,16H,11H2,1H3. The van der Waals surface area contributed by atoms with E-state index in [-0.39, 0.29) is 12.2 Å². The minimum atomic E-state index is -2.85. The van der Waals surface area contributed by atoms with E-state index in [0.29, 0.717) is 4.68 Å². The fraction of sp³-hybridized carbons (Fsp3) is 0.188. The van der Waals surface area contributed by atoms with Crippen molar-refractivity contribution in [2.45, 2.75) is 13.1 Å². The first-order valence-electron chi connectivity index (χ1n) is 7.22. The van der Waals surface area contributed by atoms with E-state index in [0.717, 1.165) is 11.3 Å². The van der Waals surface area contributed by atoms with E-state index in [9.17, 15) is 13.6 Å². The van der Waals surface area contributed by atoms with Crippen LogP contribution < -0.4 is 0 Å². The van der Waals surface area contributed by atoms with Gasteiger partial charge in [-0.05, 0) is 29.8 Å². The number of carbonyl (C=O) groups excluding carboxylic acids is 1. The molecule has 0 unspecified atom stereocenters. The lowest BCUT2D eigenvalue weighted by molar-refractivity contribution is 0.0472. The lowest BCUT2D eigenvalue weighted by atomic mass is 10.2. The van der Waals surface area contributed by atoms with E-state index < -0.39 is 12.5 Å². The van der Waals surface area contributed by atoms with Crippen LogP contribution in [0.2, 0.25) is 0 Å². The number of nitrogens with zero attached hydrogens (tertiary/aromatic N) is 5. The van der Waals surface area contributed by atoms with Crippen molar-refractivity contribution in [2.75, 3.05) is 7.05 Å². The highest BCUT2D eigenvalue weighted by molar-refractivity contribution is 5.92. The number of halogens is 2. The summed E-state index contributed by atoms with van der Waals surface area (Å²) in [7, 11) is 1.56. The Morgan fingerprint density at radius 3 is 2.75 bits per heavy atom. The van der Waals surface area contributed by atoms with Crippen LogP contribution in [0.15, 0.2) is 55.0 Å². The number of rotatable bonds is 5. The third-order valence-corrected chi connectivity index (χ3v) is 3.52. The van der Waals surface area contributed by atoms with E-state index in [2.05, 4.69) is 10.2 Å². The highest BCUT2D eigenvalue weighted by Gasteiger charge is 2.21. The molecule has 0 bridgehead atoms. The molecule has 6 nitrogen and oxygen atoms in total. The lowest BCUT2D eigenvalue weighted by Gasteiger charge is -2.18. The van der Waals surface area contributed by atoms with Gasteiger partial charge < -0.3 is 4.90 Å². The van der Waals surface area contributed by atoms with E-state index >= 15 is 0 Å². The second-order valence-electron chi connectivity index (χ2n) is 5.22. The zero-order valence-electron chi connectivity index (χ0n) is 12.9. The van der Waals surface area contributed by atoms with Gasteiger partial charge in [-0.3, -0.25) is 4.79 Å². The highest BCUT2D eigenvalue weighted by atomic mass is 19.3. The molecule has 24 heavy (non-hydrogen) atoms. The molecule has 2 aromatic heterocycles. The molecule has 0 aliphatic rings. The van der Waals surface area contributed by atoms with Gasteiger partial charge in [0.05, 0.1) is 5.69 Å². The quantitative estimate of drug-likeness (QED) is 0.722. The Morgan fingerprint density at radius 1 is 1.21 bits per heavy atom. The second-order valence-corrected chi connectivity index (χ2v) is 5.22. The first-order valence-corrected chi connectivity index (χ1v) is 7.22. The van der Waals surface area contributed by atoms with Gasteiger partial charge in [0.15, 0.2) is 0 Å². The molecule has 3 rings (SSSR count). The maximum Gasteiger partial charge on any atom is 0.333 e. The van der Waals surface area contributed by atoms with Crippen molar-refractivity contribution in [3.8, 4) is 5.69 Å². The Balaban J connectivity index is 1.77. The normalized spacial score (nSPS) is 11.0. The molecule has 1 amide bonds. The molecule has 8 heteroatoms. The summed E-state index contributed by atoms with van der Waals surface area (Å²) in [6, 6.07) is 10.6. The molecule has 0 radical (unpaired) electrons. The van der Waals surface area contributed by atoms with Crippen LogP contribution in [0.25, 0.3) is 5.69 Å². The summed E-state index contributed by atoms with van der Waals surface area (Å²) in [6.45, 7) is -2.57. The van der Waals surface area contributed by atoms with Crippen LogP contribution in [0, 0.1) is 0 Å². The van der Waals surface area contributed by atoms with Crippen molar-refractivity contribution in [2.24, 2.45) is 0 Å². The summed E-state index contributed by atoms with van der Waals surface area (Å²) in [6.07, 6.45) is 4.68. The SMILES string of the molecule is CN(Cc1cccc(-n2cccn2)c1)C(=O)c1ccnn1C(F)F. The molecule has 0 saturated carbocycles. The first kappa shape index (κ1) is 15.9. The predicted molar refractivity (Wildman–Crippen MR) is 82.8 cm³/mol. The maximum atomic E-state index is 12.8. The van der Waals surface area contributed by atoms with Gasteiger partial charge in [0, 0.05) is 32.2 Å². The summed E-state index contributed by atoms with van der Waals surface area (Å²) in [5, 5.41) is 7.64. The van der Waals surface area contributed by atoms with E-state index in [4.69, 9.17) is 0 Å². The van der Waals surface area contributed by atoms with Gasteiger partial charge in [-0.1, -0.05) is 12.1 Å². The molecule has 124 valence electrons. The van der Waals surface area contributed by atoms with Gasteiger partial charge in [0.25, 0.3) is 5.91 Å². The summed E-state index contributed by atoms with van der Waals surface area (Å²) >= 11 is 0. The molecular formula is C16H15F2N5O. The van der Waals surface area contributed by atoms with E-state index in [1.165, 1.54) is 17.2 Å². The van der Waals surface area contributed by atoms with Crippen molar-refractivity contribution < 1.29 is 13.6 Å². The van der Waals surface area contributed by atoms with E-state index in [1.54, 1.807) is 17.9 Å². The second kappa shape index (κ2) is 6.61. The molecule has 3 aromatic rings. The zero-order chi connectivity index (χ0) is 17.1. The molecule has 1 aromatic carbocycles. The zero-order valence-corrected chi connectivity index (χ0v) is 12.9. The Labute approximate surface area is 136 Å². The third kappa shape index (κ3) is 3.17. The fourth-order valence-corrected chi connectivity index (χ4v) is 2.40. The first-order chi connectivity index (χ1) is 11.6. The van der Waals surface area contributed by atoms with Crippen LogP contribution in [-0.4, -0.2) is 37.4 Å². The van der Waals surface area contributed by atoms with Crippen molar-refractivity contribution in [3.63, 3.8) is 0 Å². The van der Waals surface area contributed by atoms with Gasteiger partial charge in [-0.2, -0.15) is 23.7 Å². The molecule has 0 aliphatic heterocycles. The summed E-state index contributed by atoms with van der Waals surface area (Å²) in [5.74, 6) is -0.516. The minimum Gasteiger partial charge on any atom is -0.336 e. The number of hydrogen-bond donors (Lipinski definition) is 0. The molecule has 2 heterocycles. The summed E-state index contributed by atoms with van der Waals surface area (Å²) in [4.78, 5) is 13.7. The van der Waals surface area contributed by atoms with Gasteiger partial charge in [0.2, 0.25) is 0 Å². The van der Waals surface area contributed by atoms with Crippen molar-refractivity contribution in [1.29, 1.82) is 0 Å². The molecule has 0 aliphatic carbocycles. The summed E-state index contributed by atoms with van der Waals surface area (Å²) in [5.41, 5.74) is 1.58. The molecule has 0 spiro atoms. The van der Waals surface area contributed by atoms with Gasteiger partial charge >= 0.3 is 6.55 Å². The molecule has 0 fully saturated rings. The predicted octanol–water partition coefficient (Wildman–Crippen LogP) is 2.74. The van der Waals surface area contributed by atoms with Gasteiger partial charge in [0.1, 0.15) is 5.69 Å². The lowest BCUT2D eigenvalue weighted by Crippen LogP contribution is -2.28. The Morgan fingerprint density at radius 2 is 2.04 bits per heavy atom. The fourth-order valence-electron chi connectivity index (χ4n) is 2.40. The molecule has 0 saturated heterocycles. The average Bonchev–Trinajstić information content (AvgIpc) is 3.25. The van der Waals surface area contributed by atoms with Crippen LogP contribution >= 0.6 is 0 Å². The largest absolute Gasteiger partial charge is 0.336 e. The monoisotopic (exact) mass is 331 g/mol. The van der Waals surface area contributed by atoms with Crippen LogP contribution in [0.5, 0.6) is 0 Å². The van der Waals surface area contributed by atoms with Crippen LogP contribution in [-0.2, 0) is 6.54 Å². The summed E-state index contributed by atoms with van der Waals surface area (Å²) < 4.78 is 27.8. The van der Waals surface area contributed by atoms with Crippen LogP contribution in [0.3, 0.4) is 0 Å². The number of aromatic nitrogens is 4. The van der Waals surface area contributed by atoms with Crippen molar-refractivity contribution in [1.82, 2.24) is 24.5 Å². The number of carbonyl (C=O) groups is 1.